The molecule has 1 aromatic heterocycles. The first-order valence-electron chi connectivity index (χ1n) is 12.5. The molecule has 6 nitrogen and oxygen atoms in total. The summed E-state index contributed by atoms with van der Waals surface area (Å²) in [5.41, 5.74) is 3.27. The molecule has 2 aromatic carbocycles. The lowest BCUT2D eigenvalue weighted by Gasteiger charge is -2.14. The molecule has 0 spiro atoms. The molecule has 3 aromatic rings. The Morgan fingerprint density at radius 1 is 1.11 bits per heavy atom. The standard InChI is InChI=1S/C30H37ClN4O2/c1-22(17-18-28(36)35(3)4)33-19-20-37-27(32-2)16-10-13-24(21-23-11-6-5-7-12-23)30-29(31)25-14-8-9-15-26(25)34-30/h5-18,22,24,32-34H,19-21H2,1-4H3/b13-10+,18-17+,27-16+. The number of allylic oxidation sites excluding steroid dienone is 3. The van der Waals surface area contributed by atoms with Crippen LogP contribution in [-0.2, 0) is 16.0 Å². The average molecular weight is 521 g/mol. The molecule has 1 heterocycles. The second-order valence-corrected chi connectivity index (χ2v) is 9.42. The maximum Gasteiger partial charge on any atom is 0.245 e. The number of hydrogen-bond donors (Lipinski definition) is 3. The number of ether oxygens (including phenoxy) is 1. The molecule has 3 N–H and O–H groups in total. The van der Waals surface area contributed by atoms with Crippen molar-refractivity contribution in [1.82, 2.24) is 20.5 Å². The minimum atomic E-state index is -0.0311. The highest BCUT2D eigenvalue weighted by molar-refractivity contribution is 6.36. The Labute approximate surface area is 225 Å². The van der Waals surface area contributed by atoms with Crippen LogP contribution in [0.25, 0.3) is 10.9 Å². The minimum absolute atomic E-state index is 0.0311. The van der Waals surface area contributed by atoms with Gasteiger partial charge in [-0.1, -0.05) is 78.4 Å². The molecule has 0 aliphatic heterocycles. The summed E-state index contributed by atoms with van der Waals surface area (Å²) in [4.78, 5) is 16.7. The van der Waals surface area contributed by atoms with Crippen LogP contribution >= 0.6 is 11.6 Å². The fourth-order valence-corrected chi connectivity index (χ4v) is 4.24. The highest BCUT2D eigenvalue weighted by Gasteiger charge is 2.17. The molecule has 196 valence electrons. The SMILES string of the molecule is CN/C(=C\C=C\C(Cc1ccccc1)c1[nH]c2ccccc2c1Cl)OCCNC(C)/C=C/C(=O)N(C)C. The van der Waals surface area contributed by atoms with Crippen LogP contribution in [0.3, 0.4) is 0 Å². The number of carbonyl (C=O) groups excluding carboxylic acids is 1. The minimum Gasteiger partial charge on any atom is -0.478 e. The van der Waals surface area contributed by atoms with Crippen molar-refractivity contribution in [3.63, 3.8) is 0 Å². The number of H-pyrrole nitrogens is 1. The number of nitrogens with zero attached hydrogens (tertiary/aromatic N) is 1. The summed E-state index contributed by atoms with van der Waals surface area (Å²) in [6.45, 7) is 3.13. The lowest BCUT2D eigenvalue weighted by Crippen LogP contribution is -2.29. The van der Waals surface area contributed by atoms with Crippen molar-refractivity contribution >= 4 is 28.4 Å². The van der Waals surface area contributed by atoms with Crippen molar-refractivity contribution < 1.29 is 9.53 Å². The monoisotopic (exact) mass is 520 g/mol. The first-order valence-corrected chi connectivity index (χ1v) is 12.9. The van der Waals surface area contributed by atoms with Crippen molar-refractivity contribution in [3.8, 4) is 0 Å². The van der Waals surface area contributed by atoms with Gasteiger partial charge < -0.3 is 25.3 Å². The Hall–Kier alpha value is -3.48. The first kappa shape index (κ1) is 28.1. The first-order chi connectivity index (χ1) is 17.9. The van der Waals surface area contributed by atoms with Gasteiger partial charge in [0.15, 0.2) is 5.88 Å². The van der Waals surface area contributed by atoms with E-state index >= 15 is 0 Å². The number of aromatic nitrogens is 1. The Balaban J connectivity index is 1.64. The molecular formula is C30H37ClN4O2. The fourth-order valence-electron chi connectivity index (χ4n) is 3.89. The average Bonchev–Trinajstić information content (AvgIpc) is 3.24. The van der Waals surface area contributed by atoms with Crippen molar-refractivity contribution in [2.24, 2.45) is 0 Å². The zero-order valence-corrected chi connectivity index (χ0v) is 22.8. The van der Waals surface area contributed by atoms with E-state index in [1.807, 2.05) is 62.5 Å². The van der Waals surface area contributed by atoms with Gasteiger partial charge in [0.1, 0.15) is 6.61 Å². The zero-order valence-electron chi connectivity index (χ0n) is 22.0. The van der Waals surface area contributed by atoms with Crippen molar-refractivity contribution in [2.75, 3.05) is 34.3 Å². The smallest absolute Gasteiger partial charge is 0.245 e. The predicted octanol–water partition coefficient (Wildman–Crippen LogP) is 5.40. The van der Waals surface area contributed by atoms with E-state index in [2.05, 4.69) is 46.0 Å². The number of benzene rings is 2. The van der Waals surface area contributed by atoms with Crippen LogP contribution < -0.4 is 10.6 Å². The molecule has 0 aliphatic rings. The summed E-state index contributed by atoms with van der Waals surface area (Å²) in [6, 6.07) is 18.6. The third-order valence-electron chi connectivity index (χ3n) is 5.97. The normalized spacial score (nSPS) is 13.8. The number of para-hydroxylation sites is 1. The molecule has 3 rings (SSSR count). The number of rotatable bonds is 13. The topological polar surface area (TPSA) is 69.4 Å². The summed E-state index contributed by atoms with van der Waals surface area (Å²) in [7, 11) is 5.30. The maximum absolute atomic E-state index is 11.7. The maximum atomic E-state index is 11.7. The van der Waals surface area contributed by atoms with Gasteiger partial charge in [-0.2, -0.15) is 0 Å². The molecule has 0 fully saturated rings. The van der Waals surface area contributed by atoms with Gasteiger partial charge in [-0.05, 0) is 31.1 Å². The second-order valence-electron chi connectivity index (χ2n) is 9.04. The Bertz CT molecular complexity index is 1230. The summed E-state index contributed by atoms with van der Waals surface area (Å²) >= 11 is 6.80. The Morgan fingerprint density at radius 3 is 2.54 bits per heavy atom. The number of fused-ring (bicyclic) bond motifs is 1. The summed E-state index contributed by atoms with van der Waals surface area (Å²) in [5.74, 6) is 0.706. The highest BCUT2D eigenvalue weighted by atomic mass is 35.5. The summed E-state index contributed by atoms with van der Waals surface area (Å²) in [5, 5.41) is 8.22. The number of hydrogen-bond acceptors (Lipinski definition) is 4. The molecule has 0 saturated heterocycles. The van der Waals surface area contributed by atoms with Crippen LogP contribution in [0.2, 0.25) is 5.02 Å². The van der Waals surface area contributed by atoms with Crippen LogP contribution in [-0.4, -0.2) is 56.1 Å². The molecule has 0 saturated carbocycles. The molecule has 7 heteroatoms. The van der Waals surface area contributed by atoms with Crippen molar-refractivity contribution in [3.05, 3.63) is 107 Å². The third-order valence-corrected chi connectivity index (χ3v) is 6.38. The lowest BCUT2D eigenvalue weighted by atomic mass is 9.95. The molecule has 37 heavy (non-hydrogen) atoms. The van der Waals surface area contributed by atoms with Gasteiger partial charge in [0.05, 0.1) is 5.02 Å². The van der Waals surface area contributed by atoms with E-state index in [9.17, 15) is 4.79 Å². The number of amides is 1. The van der Waals surface area contributed by atoms with Crippen molar-refractivity contribution in [2.45, 2.75) is 25.3 Å². The molecule has 0 bridgehead atoms. The van der Waals surface area contributed by atoms with Crippen LogP contribution in [0.4, 0.5) is 0 Å². The predicted molar refractivity (Wildman–Crippen MR) is 154 cm³/mol. The number of halogens is 1. The third kappa shape index (κ3) is 8.55. The number of carbonyl (C=O) groups is 1. The lowest BCUT2D eigenvalue weighted by molar-refractivity contribution is -0.123. The van der Waals surface area contributed by atoms with Gasteiger partial charge in [0.25, 0.3) is 0 Å². The summed E-state index contributed by atoms with van der Waals surface area (Å²) < 4.78 is 5.89. The van der Waals surface area contributed by atoms with Gasteiger partial charge in [0, 0.05) is 62.3 Å². The van der Waals surface area contributed by atoms with Crippen LogP contribution in [0.15, 0.2) is 90.9 Å². The van der Waals surface area contributed by atoms with Gasteiger partial charge in [-0.25, -0.2) is 0 Å². The van der Waals surface area contributed by atoms with E-state index in [0.29, 0.717) is 19.0 Å². The molecular weight excluding hydrogens is 484 g/mol. The Kier molecular flexibility index (Phi) is 10.9. The quantitative estimate of drug-likeness (QED) is 0.122. The van der Waals surface area contributed by atoms with E-state index < -0.39 is 0 Å². The van der Waals surface area contributed by atoms with E-state index in [4.69, 9.17) is 16.3 Å². The Morgan fingerprint density at radius 2 is 1.84 bits per heavy atom. The molecule has 1 amide bonds. The van der Waals surface area contributed by atoms with E-state index in [1.54, 1.807) is 25.1 Å². The van der Waals surface area contributed by atoms with Crippen molar-refractivity contribution in [1.29, 1.82) is 0 Å². The summed E-state index contributed by atoms with van der Waals surface area (Å²) in [6.07, 6.45) is 10.3. The molecule has 2 unspecified atom stereocenters. The largest absolute Gasteiger partial charge is 0.478 e. The van der Waals surface area contributed by atoms with E-state index in [1.165, 1.54) is 5.56 Å². The van der Waals surface area contributed by atoms with Gasteiger partial charge in [-0.15, -0.1) is 0 Å². The van der Waals surface area contributed by atoms with Crippen LogP contribution in [0, 0.1) is 0 Å². The van der Waals surface area contributed by atoms with Gasteiger partial charge in [-0.3, -0.25) is 4.79 Å². The fraction of sp³-hybridized carbons (Fsp3) is 0.300. The molecule has 0 radical (unpaired) electrons. The van der Waals surface area contributed by atoms with E-state index in [0.717, 1.165) is 28.0 Å². The number of aromatic amines is 1. The van der Waals surface area contributed by atoms with Crippen LogP contribution in [0.5, 0.6) is 0 Å². The molecule has 0 aliphatic carbocycles. The second kappa shape index (κ2) is 14.3. The zero-order chi connectivity index (χ0) is 26.6. The van der Waals surface area contributed by atoms with Gasteiger partial charge in [0.2, 0.25) is 5.91 Å². The number of nitrogens with one attached hydrogen (secondary N) is 3. The molecule has 2 atom stereocenters. The highest BCUT2D eigenvalue weighted by Crippen LogP contribution is 2.34. The van der Waals surface area contributed by atoms with Crippen LogP contribution in [0.1, 0.15) is 24.1 Å². The van der Waals surface area contributed by atoms with Gasteiger partial charge >= 0.3 is 0 Å². The number of likely N-dealkylation sites (N-methyl/N-ethyl adjacent to an activating group) is 1. The van der Waals surface area contributed by atoms with E-state index in [-0.39, 0.29) is 17.9 Å².